The first kappa shape index (κ1) is 15.1. The average Bonchev–Trinajstić information content (AvgIpc) is 3.22. The molecule has 0 spiro atoms. The van der Waals surface area contributed by atoms with Crippen LogP contribution in [0.25, 0.3) is 0 Å². The van der Waals surface area contributed by atoms with E-state index in [2.05, 4.69) is 20.7 Å². The van der Waals surface area contributed by atoms with Gasteiger partial charge in [0.2, 0.25) is 5.91 Å². The topological polar surface area (TPSA) is 63.9 Å². The van der Waals surface area contributed by atoms with Crippen LogP contribution in [0.15, 0.2) is 17.8 Å². The van der Waals surface area contributed by atoms with Crippen molar-refractivity contribution in [2.24, 2.45) is 0 Å². The van der Waals surface area contributed by atoms with Gasteiger partial charge in [0, 0.05) is 30.2 Å². The molecule has 0 radical (unpaired) electrons. The first-order valence-corrected chi connectivity index (χ1v) is 8.65. The molecule has 0 N–H and O–H groups in total. The lowest BCUT2D eigenvalue weighted by Crippen LogP contribution is -2.38. The number of carbonyl (C=O) groups excluding carboxylic acids is 1. The van der Waals surface area contributed by atoms with Gasteiger partial charge in [-0.3, -0.25) is 9.48 Å². The molecule has 2 aromatic heterocycles. The molecule has 1 saturated heterocycles. The van der Waals surface area contributed by atoms with Gasteiger partial charge < -0.3 is 4.90 Å². The summed E-state index contributed by atoms with van der Waals surface area (Å²) in [4.78, 5) is 18.9. The van der Waals surface area contributed by atoms with Gasteiger partial charge in [-0.25, -0.2) is 4.98 Å². The SMILES string of the molecule is Cc1csc(CCCC(=O)N2CCC[C@H]2Cn2ccnn2)n1. The number of thiazole rings is 1. The first-order valence-electron chi connectivity index (χ1n) is 7.77. The third kappa shape index (κ3) is 3.71. The van der Waals surface area contributed by atoms with Gasteiger partial charge in [0.1, 0.15) is 0 Å². The molecule has 0 unspecified atom stereocenters. The molecule has 0 bridgehead atoms. The molecule has 7 heteroatoms. The minimum atomic E-state index is 0.260. The number of likely N-dealkylation sites (tertiary alicyclic amines) is 1. The molecule has 1 fully saturated rings. The van der Waals surface area contributed by atoms with E-state index in [9.17, 15) is 4.79 Å². The average molecular weight is 319 g/mol. The van der Waals surface area contributed by atoms with Crippen LogP contribution in [-0.2, 0) is 17.8 Å². The van der Waals surface area contributed by atoms with Crippen LogP contribution in [0.5, 0.6) is 0 Å². The van der Waals surface area contributed by atoms with Crippen molar-refractivity contribution in [2.75, 3.05) is 6.54 Å². The fourth-order valence-electron chi connectivity index (χ4n) is 2.95. The Balaban J connectivity index is 1.48. The maximum absolute atomic E-state index is 12.4. The van der Waals surface area contributed by atoms with E-state index in [4.69, 9.17) is 0 Å². The van der Waals surface area contributed by atoms with Crippen molar-refractivity contribution in [3.05, 3.63) is 28.5 Å². The Kier molecular flexibility index (Phi) is 4.82. The molecule has 2 aromatic rings. The highest BCUT2D eigenvalue weighted by molar-refractivity contribution is 7.09. The summed E-state index contributed by atoms with van der Waals surface area (Å²) in [6.45, 7) is 3.62. The minimum Gasteiger partial charge on any atom is -0.338 e. The zero-order chi connectivity index (χ0) is 15.4. The molecule has 1 aliphatic heterocycles. The van der Waals surface area contributed by atoms with Crippen LogP contribution in [-0.4, -0.2) is 43.4 Å². The minimum absolute atomic E-state index is 0.260. The van der Waals surface area contributed by atoms with E-state index in [1.807, 2.05) is 22.7 Å². The highest BCUT2D eigenvalue weighted by Crippen LogP contribution is 2.20. The van der Waals surface area contributed by atoms with Crippen LogP contribution >= 0.6 is 11.3 Å². The summed E-state index contributed by atoms with van der Waals surface area (Å²) in [5, 5.41) is 11.0. The predicted molar refractivity (Wildman–Crippen MR) is 84.5 cm³/mol. The van der Waals surface area contributed by atoms with E-state index in [0.717, 1.165) is 49.5 Å². The van der Waals surface area contributed by atoms with Crippen LogP contribution < -0.4 is 0 Å². The van der Waals surface area contributed by atoms with Crippen molar-refractivity contribution in [3.63, 3.8) is 0 Å². The van der Waals surface area contributed by atoms with E-state index in [1.54, 1.807) is 17.5 Å². The molecule has 3 rings (SSSR count). The van der Waals surface area contributed by atoms with Crippen molar-refractivity contribution in [3.8, 4) is 0 Å². The van der Waals surface area contributed by atoms with Gasteiger partial charge >= 0.3 is 0 Å². The Morgan fingerprint density at radius 1 is 1.50 bits per heavy atom. The third-order valence-electron chi connectivity index (χ3n) is 4.02. The van der Waals surface area contributed by atoms with Crippen LogP contribution in [0.2, 0.25) is 0 Å². The van der Waals surface area contributed by atoms with Crippen molar-refractivity contribution >= 4 is 17.2 Å². The molecule has 1 amide bonds. The number of hydrogen-bond acceptors (Lipinski definition) is 5. The van der Waals surface area contributed by atoms with Crippen molar-refractivity contribution in [1.82, 2.24) is 24.9 Å². The number of rotatable bonds is 6. The van der Waals surface area contributed by atoms with E-state index < -0.39 is 0 Å². The number of aromatic nitrogens is 4. The molecule has 22 heavy (non-hydrogen) atoms. The van der Waals surface area contributed by atoms with E-state index in [-0.39, 0.29) is 11.9 Å². The second-order valence-electron chi connectivity index (χ2n) is 5.74. The van der Waals surface area contributed by atoms with Gasteiger partial charge in [0.05, 0.1) is 23.8 Å². The molecule has 6 nitrogen and oxygen atoms in total. The second kappa shape index (κ2) is 7.00. The summed E-state index contributed by atoms with van der Waals surface area (Å²) in [7, 11) is 0. The summed E-state index contributed by atoms with van der Waals surface area (Å²) in [5.74, 6) is 0.260. The van der Waals surface area contributed by atoms with Crippen molar-refractivity contribution in [1.29, 1.82) is 0 Å². The molecule has 0 saturated carbocycles. The van der Waals surface area contributed by atoms with Gasteiger partial charge in [-0.05, 0) is 32.6 Å². The van der Waals surface area contributed by atoms with Gasteiger partial charge in [0.15, 0.2) is 0 Å². The molecule has 1 atom stereocenters. The molecule has 0 aliphatic carbocycles. The largest absolute Gasteiger partial charge is 0.338 e. The van der Waals surface area contributed by atoms with Crippen LogP contribution in [0.4, 0.5) is 0 Å². The maximum atomic E-state index is 12.4. The molecular formula is C15H21N5OS. The number of hydrogen-bond donors (Lipinski definition) is 0. The molecular weight excluding hydrogens is 298 g/mol. The lowest BCUT2D eigenvalue weighted by Gasteiger charge is -2.24. The second-order valence-corrected chi connectivity index (χ2v) is 6.69. The summed E-state index contributed by atoms with van der Waals surface area (Å²) < 4.78 is 1.81. The first-order chi connectivity index (χ1) is 10.7. The zero-order valence-electron chi connectivity index (χ0n) is 12.8. The Morgan fingerprint density at radius 2 is 2.41 bits per heavy atom. The highest BCUT2D eigenvalue weighted by atomic mass is 32.1. The monoisotopic (exact) mass is 319 g/mol. The quantitative estimate of drug-likeness (QED) is 0.817. The molecule has 0 aromatic carbocycles. The van der Waals surface area contributed by atoms with E-state index in [1.165, 1.54) is 0 Å². The Labute approximate surface area is 134 Å². The smallest absolute Gasteiger partial charge is 0.222 e. The Morgan fingerprint density at radius 3 is 3.14 bits per heavy atom. The van der Waals surface area contributed by atoms with Gasteiger partial charge in [-0.2, -0.15) is 0 Å². The highest BCUT2D eigenvalue weighted by Gasteiger charge is 2.28. The number of nitrogens with zero attached hydrogens (tertiary/aromatic N) is 5. The standard InChI is InChI=1S/C15H21N5OS/c1-12-11-22-14(17-12)5-2-6-15(21)20-8-3-4-13(20)10-19-9-7-16-18-19/h7,9,11,13H,2-6,8,10H2,1H3/t13-/m0/s1. The lowest BCUT2D eigenvalue weighted by molar-refractivity contribution is -0.132. The fourth-order valence-corrected chi connectivity index (χ4v) is 3.77. The van der Waals surface area contributed by atoms with Crippen LogP contribution in [0.1, 0.15) is 36.4 Å². The Hall–Kier alpha value is -1.76. The number of amides is 1. The summed E-state index contributed by atoms with van der Waals surface area (Å²) in [5.41, 5.74) is 1.07. The summed E-state index contributed by atoms with van der Waals surface area (Å²) in [6.07, 6.45) is 8.04. The maximum Gasteiger partial charge on any atom is 0.222 e. The number of carbonyl (C=O) groups is 1. The summed E-state index contributed by atoms with van der Waals surface area (Å²) in [6, 6.07) is 0.260. The molecule has 1 aliphatic rings. The third-order valence-corrected chi connectivity index (χ3v) is 5.04. The predicted octanol–water partition coefficient (Wildman–Crippen LogP) is 2.06. The van der Waals surface area contributed by atoms with Crippen LogP contribution in [0, 0.1) is 6.92 Å². The van der Waals surface area contributed by atoms with Gasteiger partial charge in [-0.15, -0.1) is 16.4 Å². The lowest BCUT2D eigenvalue weighted by atomic mass is 10.2. The van der Waals surface area contributed by atoms with Crippen molar-refractivity contribution in [2.45, 2.75) is 51.6 Å². The van der Waals surface area contributed by atoms with E-state index >= 15 is 0 Å². The zero-order valence-corrected chi connectivity index (χ0v) is 13.6. The van der Waals surface area contributed by atoms with Crippen molar-refractivity contribution < 1.29 is 4.79 Å². The normalized spacial score (nSPS) is 18.0. The van der Waals surface area contributed by atoms with Crippen LogP contribution in [0.3, 0.4) is 0 Å². The summed E-state index contributed by atoms with van der Waals surface area (Å²) >= 11 is 1.68. The van der Waals surface area contributed by atoms with E-state index in [0.29, 0.717) is 6.42 Å². The molecule has 118 valence electrons. The van der Waals surface area contributed by atoms with Gasteiger partial charge in [-0.1, -0.05) is 5.21 Å². The number of aryl methyl sites for hydroxylation is 2. The molecule has 3 heterocycles. The fraction of sp³-hybridized carbons (Fsp3) is 0.600. The van der Waals surface area contributed by atoms with Gasteiger partial charge in [0.25, 0.3) is 0 Å². The Bertz CT molecular complexity index is 609.